The zero-order valence-electron chi connectivity index (χ0n) is 25.3. The van der Waals surface area contributed by atoms with Crippen LogP contribution in [0.15, 0.2) is 47.2 Å². The van der Waals surface area contributed by atoms with E-state index in [9.17, 15) is 34.8 Å². The van der Waals surface area contributed by atoms with Crippen LogP contribution in [0.25, 0.3) is 5.76 Å². The number of Topliss-reactive ketones (excluding diaryl/α,β-unsaturated/α-hetero) is 2. The number of aliphatic hydroxyl groups excluding tert-OH is 2. The molecule has 2 aromatic carbocycles. The summed E-state index contributed by atoms with van der Waals surface area (Å²) in [6.45, 7) is 0.688. The summed E-state index contributed by atoms with van der Waals surface area (Å²) >= 11 is 0. The molecule has 1 amide bonds. The molecular weight excluding hydrogens is 568 g/mol. The normalized spacial score (nSPS) is 24.7. The van der Waals surface area contributed by atoms with Crippen molar-refractivity contribution < 1.29 is 39.5 Å². The number of fused-ring (bicyclic) bond motifs is 3. The van der Waals surface area contributed by atoms with Gasteiger partial charge in [0.15, 0.2) is 11.4 Å². The van der Waals surface area contributed by atoms with Crippen LogP contribution in [0.5, 0.6) is 11.5 Å². The van der Waals surface area contributed by atoms with Crippen LogP contribution in [0.2, 0.25) is 0 Å². The number of anilines is 1. The molecule has 0 aromatic heterocycles. The van der Waals surface area contributed by atoms with Crippen LogP contribution in [0.1, 0.15) is 28.7 Å². The second kappa shape index (κ2) is 11.3. The highest BCUT2D eigenvalue weighted by Gasteiger charge is 2.64. The molecule has 1 fully saturated rings. The zero-order valence-corrected chi connectivity index (χ0v) is 25.3. The Morgan fingerprint density at radius 3 is 2.43 bits per heavy atom. The first-order valence-corrected chi connectivity index (χ1v) is 14.3. The topological polar surface area (TPSA) is 186 Å². The summed E-state index contributed by atoms with van der Waals surface area (Å²) in [6, 6.07) is 8.23. The van der Waals surface area contributed by atoms with E-state index < -0.39 is 58.0 Å². The van der Waals surface area contributed by atoms with E-state index in [1.165, 1.54) is 4.90 Å². The van der Waals surface area contributed by atoms with E-state index in [0.717, 1.165) is 11.3 Å². The predicted molar refractivity (Wildman–Crippen MR) is 162 cm³/mol. The molecule has 7 N–H and O–H groups in total. The fourth-order valence-electron chi connectivity index (χ4n) is 7.00. The molecule has 0 spiro atoms. The molecule has 0 saturated heterocycles. The third-order valence-electron chi connectivity index (χ3n) is 9.04. The fourth-order valence-corrected chi connectivity index (χ4v) is 7.00. The van der Waals surface area contributed by atoms with Crippen LogP contribution in [0, 0.1) is 11.8 Å². The van der Waals surface area contributed by atoms with Crippen molar-refractivity contribution in [3.63, 3.8) is 0 Å². The second-order valence-electron chi connectivity index (χ2n) is 12.1. The van der Waals surface area contributed by atoms with E-state index in [0.29, 0.717) is 23.4 Å². The van der Waals surface area contributed by atoms with Gasteiger partial charge in [0.2, 0.25) is 5.78 Å². The number of aromatic hydroxyl groups is 1. The minimum absolute atomic E-state index is 0.0310. The van der Waals surface area contributed by atoms with E-state index >= 15 is 0 Å². The number of ketones is 2. The van der Waals surface area contributed by atoms with Crippen LogP contribution >= 0.6 is 0 Å². The van der Waals surface area contributed by atoms with E-state index in [1.54, 1.807) is 21.2 Å². The number of hydrogen-bond acceptors (Lipinski definition) is 11. The zero-order chi connectivity index (χ0) is 32.2. The van der Waals surface area contributed by atoms with Crippen LogP contribution in [0.3, 0.4) is 0 Å². The smallest absolute Gasteiger partial charge is 0.255 e. The lowest BCUT2D eigenvalue weighted by atomic mass is 9.57. The van der Waals surface area contributed by atoms with Gasteiger partial charge >= 0.3 is 0 Å². The number of ether oxygens (including phenoxy) is 1. The first-order valence-electron chi connectivity index (χ1n) is 14.3. The standard InChI is InChI=1S/C32H38N4O8/c1-35(2)21-12-17(14-34-13-15-7-6-8-18(9-15)44-5)26(37)23-19(21)10-16-11-20-25(36(3)4)28(39)24(31(33)42)30(41)32(20,43)29(40)22(16)27(23)38/h6-9,12,16,20,25,34,37-38,41,43H,10-11,13-14H2,1-5H3,(H2,33,42)/t16-,20-,25-,32+/m1/s1. The van der Waals surface area contributed by atoms with Crippen molar-refractivity contribution in [2.75, 3.05) is 40.2 Å². The molecule has 0 bridgehead atoms. The third kappa shape index (κ3) is 4.70. The van der Waals surface area contributed by atoms with Gasteiger partial charge in [-0.05, 0) is 62.2 Å². The first-order chi connectivity index (χ1) is 20.7. The maximum absolute atomic E-state index is 14.1. The van der Waals surface area contributed by atoms with Gasteiger partial charge in [-0.2, -0.15) is 0 Å². The summed E-state index contributed by atoms with van der Waals surface area (Å²) in [5.74, 6) is -6.00. The number of phenols is 1. The molecule has 12 nitrogen and oxygen atoms in total. The van der Waals surface area contributed by atoms with E-state index in [4.69, 9.17) is 10.5 Å². The lowest BCUT2D eigenvalue weighted by molar-refractivity contribution is -0.153. The number of rotatable bonds is 8. The van der Waals surface area contributed by atoms with Crippen molar-refractivity contribution in [1.82, 2.24) is 10.2 Å². The van der Waals surface area contributed by atoms with Gasteiger partial charge in [0, 0.05) is 49.9 Å². The quantitative estimate of drug-likeness (QED) is 0.238. The molecular formula is C32H38N4O8. The van der Waals surface area contributed by atoms with Gasteiger partial charge in [0.05, 0.1) is 18.7 Å². The summed E-state index contributed by atoms with van der Waals surface area (Å²) < 4.78 is 5.28. The van der Waals surface area contributed by atoms with Gasteiger partial charge in [0.25, 0.3) is 5.91 Å². The highest BCUT2D eigenvalue weighted by molar-refractivity contribution is 6.24. The SMILES string of the molecule is COc1cccc(CNCc2cc(N(C)C)c3c(c2O)C(O)=C2C(=O)[C@]4(O)C(O)=C(C(N)=O)C(=O)[C@H](N(C)C)[C@H]4C[C@H]2C3)c1. The Morgan fingerprint density at radius 1 is 1.11 bits per heavy atom. The highest BCUT2D eigenvalue weighted by atomic mass is 16.5. The molecule has 0 heterocycles. The van der Waals surface area contributed by atoms with E-state index in [2.05, 4.69) is 5.32 Å². The average Bonchev–Trinajstić information content (AvgIpc) is 2.95. The van der Waals surface area contributed by atoms with Gasteiger partial charge in [-0.3, -0.25) is 19.3 Å². The number of benzene rings is 2. The number of carbonyl (C=O) groups is 3. The number of carbonyl (C=O) groups excluding carboxylic acids is 3. The van der Waals surface area contributed by atoms with Crippen molar-refractivity contribution >= 4 is 28.9 Å². The summed E-state index contributed by atoms with van der Waals surface area (Å²) in [5.41, 5.74) is 4.52. The van der Waals surface area contributed by atoms with Crippen LogP contribution in [-0.4, -0.2) is 89.7 Å². The minimum Gasteiger partial charge on any atom is -0.508 e. The molecule has 4 atom stereocenters. The number of likely N-dealkylation sites (N-methyl/N-ethyl adjacent to an activating group) is 1. The van der Waals surface area contributed by atoms with Crippen molar-refractivity contribution in [1.29, 1.82) is 0 Å². The third-order valence-corrected chi connectivity index (χ3v) is 9.04. The first kappa shape index (κ1) is 31.0. The van der Waals surface area contributed by atoms with E-state index in [1.807, 2.05) is 49.3 Å². The lowest BCUT2D eigenvalue weighted by Gasteiger charge is -2.50. The molecule has 3 aliphatic rings. The summed E-state index contributed by atoms with van der Waals surface area (Å²) in [6.07, 6.45) is 0.246. The number of nitrogens with zero attached hydrogens (tertiary/aromatic N) is 2. The number of primary amides is 1. The molecule has 0 aliphatic heterocycles. The summed E-state index contributed by atoms with van der Waals surface area (Å²) in [5, 5.41) is 49.3. The molecule has 0 radical (unpaired) electrons. The number of phenolic OH excluding ortho intramolecular Hbond substituents is 1. The van der Waals surface area contributed by atoms with Crippen molar-refractivity contribution in [2.45, 2.75) is 37.6 Å². The van der Waals surface area contributed by atoms with Gasteiger partial charge in [-0.25, -0.2) is 0 Å². The number of nitrogens with one attached hydrogen (secondary N) is 1. The van der Waals surface area contributed by atoms with Gasteiger partial charge in [-0.15, -0.1) is 0 Å². The average molecular weight is 607 g/mol. The number of amides is 1. The van der Waals surface area contributed by atoms with Crippen molar-refractivity contribution in [2.24, 2.45) is 17.6 Å². The Labute approximate surface area is 255 Å². The largest absolute Gasteiger partial charge is 0.508 e. The molecule has 3 aliphatic carbocycles. The Bertz CT molecular complexity index is 1630. The minimum atomic E-state index is -2.68. The Kier molecular flexibility index (Phi) is 7.95. The van der Waals surface area contributed by atoms with Crippen molar-refractivity contribution in [3.05, 3.63) is 69.5 Å². The number of hydrogen-bond donors (Lipinski definition) is 6. The molecule has 5 rings (SSSR count). The lowest BCUT2D eigenvalue weighted by Crippen LogP contribution is -2.65. The van der Waals surface area contributed by atoms with Gasteiger partial charge in [0.1, 0.15) is 28.6 Å². The predicted octanol–water partition coefficient (Wildman–Crippen LogP) is 1.33. The molecule has 12 heteroatoms. The second-order valence-corrected chi connectivity index (χ2v) is 12.1. The molecule has 234 valence electrons. The number of nitrogens with two attached hydrogens (primary N) is 1. The Morgan fingerprint density at radius 2 is 1.82 bits per heavy atom. The monoisotopic (exact) mass is 606 g/mol. The van der Waals surface area contributed by atoms with Crippen molar-refractivity contribution in [3.8, 4) is 11.5 Å². The van der Waals surface area contributed by atoms with Crippen LogP contribution in [-0.2, 0) is 33.9 Å². The van der Waals surface area contributed by atoms with Crippen LogP contribution in [0.4, 0.5) is 5.69 Å². The maximum Gasteiger partial charge on any atom is 0.255 e. The fraction of sp³-hybridized carbons (Fsp3) is 0.406. The maximum atomic E-state index is 14.1. The Balaban J connectivity index is 1.59. The summed E-state index contributed by atoms with van der Waals surface area (Å²) in [4.78, 5) is 42.9. The Hall–Kier alpha value is -4.39. The molecule has 1 saturated carbocycles. The number of aliphatic hydroxyl groups is 3. The van der Waals surface area contributed by atoms with Gasteiger partial charge in [-0.1, -0.05) is 12.1 Å². The molecule has 0 unspecified atom stereocenters. The molecule has 44 heavy (non-hydrogen) atoms. The van der Waals surface area contributed by atoms with E-state index in [-0.39, 0.29) is 36.3 Å². The summed E-state index contributed by atoms with van der Waals surface area (Å²) in [7, 11) is 8.39. The molecule has 2 aromatic rings. The van der Waals surface area contributed by atoms with Crippen LogP contribution < -0.4 is 20.7 Å². The van der Waals surface area contributed by atoms with Gasteiger partial charge < -0.3 is 41.1 Å². The highest BCUT2D eigenvalue weighted by Crippen LogP contribution is 2.54. The number of methoxy groups -OCH3 is 1.